The van der Waals surface area contributed by atoms with Crippen LogP contribution in [0.1, 0.15) is 28.4 Å². The SMILES string of the molecule is COc1cc(/C=C/C(=O)Oc2ccc(C(C)=O)cc2)ccc1OCc1ccc(Cl)cc1. The van der Waals surface area contributed by atoms with Crippen LogP contribution in [0.25, 0.3) is 6.08 Å². The van der Waals surface area contributed by atoms with Crippen molar-refractivity contribution in [2.24, 2.45) is 0 Å². The molecule has 5 nitrogen and oxygen atoms in total. The molecule has 0 heterocycles. The summed E-state index contributed by atoms with van der Waals surface area (Å²) in [5.74, 6) is 0.917. The number of ether oxygens (including phenoxy) is 3. The van der Waals surface area contributed by atoms with Crippen molar-refractivity contribution in [3.8, 4) is 17.2 Å². The lowest BCUT2D eigenvalue weighted by molar-refractivity contribution is -0.128. The Bertz CT molecular complexity index is 1090. The van der Waals surface area contributed by atoms with E-state index < -0.39 is 5.97 Å². The average Bonchev–Trinajstić information content (AvgIpc) is 2.78. The van der Waals surface area contributed by atoms with E-state index in [2.05, 4.69) is 0 Å². The Morgan fingerprint density at radius 3 is 2.29 bits per heavy atom. The van der Waals surface area contributed by atoms with E-state index in [4.69, 9.17) is 25.8 Å². The zero-order chi connectivity index (χ0) is 22.2. The number of methoxy groups -OCH3 is 1. The van der Waals surface area contributed by atoms with Gasteiger partial charge in [-0.1, -0.05) is 29.8 Å². The molecule has 0 atom stereocenters. The summed E-state index contributed by atoms with van der Waals surface area (Å²) in [6.07, 6.45) is 2.94. The maximum Gasteiger partial charge on any atom is 0.336 e. The smallest absolute Gasteiger partial charge is 0.336 e. The highest BCUT2D eigenvalue weighted by Crippen LogP contribution is 2.29. The lowest BCUT2D eigenvalue weighted by atomic mass is 10.1. The molecule has 0 aliphatic rings. The van der Waals surface area contributed by atoms with Crippen molar-refractivity contribution in [1.82, 2.24) is 0 Å². The van der Waals surface area contributed by atoms with Crippen molar-refractivity contribution >= 4 is 29.4 Å². The van der Waals surface area contributed by atoms with Gasteiger partial charge in [0, 0.05) is 16.7 Å². The molecule has 0 spiro atoms. The molecule has 0 fully saturated rings. The van der Waals surface area contributed by atoms with E-state index in [1.165, 1.54) is 13.0 Å². The number of rotatable bonds is 8. The van der Waals surface area contributed by atoms with Crippen molar-refractivity contribution in [3.05, 3.63) is 94.5 Å². The Morgan fingerprint density at radius 1 is 0.935 bits per heavy atom. The molecule has 0 aliphatic heterocycles. The lowest BCUT2D eigenvalue weighted by Gasteiger charge is -2.11. The molecule has 3 aromatic rings. The Kier molecular flexibility index (Phi) is 7.46. The van der Waals surface area contributed by atoms with Gasteiger partial charge in [0.25, 0.3) is 0 Å². The number of halogens is 1. The summed E-state index contributed by atoms with van der Waals surface area (Å²) in [6, 6.07) is 19.1. The van der Waals surface area contributed by atoms with Gasteiger partial charge >= 0.3 is 5.97 Å². The maximum absolute atomic E-state index is 12.1. The molecule has 158 valence electrons. The summed E-state index contributed by atoms with van der Waals surface area (Å²) in [5.41, 5.74) is 2.29. The number of hydrogen-bond acceptors (Lipinski definition) is 5. The van der Waals surface area contributed by atoms with Crippen LogP contribution in [0.15, 0.2) is 72.8 Å². The van der Waals surface area contributed by atoms with Crippen molar-refractivity contribution in [3.63, 3.8) is 0 Å². The second kappa shape index (κ2) is 10.5. The van der Waals surface area contributed by atoms with Crippen LogP contribution in [-0.4, -0.2) is 18.9 Å². The maximum atomic E-state index is 12.1. The van der Waals surface area contributed by atoms with Crippen molar-refractivity contribution in [1.29, 1.82) is 0 Å². The van der Waals surface area contributed by atoms with E-state index in [0.29, 0.717) is 34.4 Å². The minimum atomic E-state index is -0.530. The molecule has 0 unspecified atom stereocenters. The van der Waals surface area contributed by atoms with E-state index in [1.54, 1.807) is 49.6 Å². The van der Waals surface area contributed by atoms with E-state index >= 15 is 0 Å². The molecular weight excluding hydrogens is 416 g/mol. The molecule has 0 bridgehead atoms. The number of carbonyl (C=O) groups is 2. The topological polar surface area (TPSA) is 61.8 Å². The quantitative estimate of drug-likeness (QED) is 0.195. The lowest BCUT2D eigenvalue weighted by Crippen LogP contribution is -2.04. The van der Waals surface area contributed by atoms with Gasteiger partial charge in [-0.05, 0) is 72.7 Å². The highest BCUT2D eigenvalue weighted by Gasteiger charge is 2.07. The summed E-state index contributed by atoms with van der Waals surface area (Å²) in [4.78, 5) is 23.4. The minimum Gasteiger partial charge on any atom is -0.493 e. The van der Waals surface area contributed by atoms with Crippen LogP contribution in [0.2, 0.25) is 5.02 Å². The Labute approximate surface area is 185 Å². The fraction of sp³-hybridized carbons (Fsp3) is 0.120. The molecule has 31 heavy (non-hydrogen) atoms. The van der Waals surface area contributed by atoms with Crippen LogP contribution >= 0.6 is 11.6 Å². The van der Waals surface area contributed by atoms with Crippen molar-refractivity contribution < 1.29 is 23.8 Å². The molecule has 6 heteroatoms. The molecule has 3 aromatic carbocycles. The van der Waals surface area contributed by atoms with E-state index in [-0.39, 0.29) is 5.78 Å². The third-order valence-electron chi connectivity index (χ3n) is 4.39. The van der Waals surface area contributed by atoms with Gasteiger partial charge < -0.3 is 14.2 Å². The number of Topliss-reactive ketones (excluding diaryl/α,β-unsaturated/α-hetero) is 1. The highest BCUT2D eigenvalue weighted by atomic mass is 35.5. The number of carbonyl (C=O) groups excluding carboxylic acids is 2. The monoisotopic (exact) mass is 436 g/mol. The number of ketones is 1. The van der Waals surface area contributed by atoms with Crippen LogP contribution in [0, 0.1) is 0 Å². The van der Waals surface area contributed by atoms with E-state index in [0.717, 1.165) is 11.1 Å². The zero-order valence-electron chi connectivity index (χ0n) is 17.1. The Balaban J connectivity index is 1.61. The van der Waals surface area contributed by atoms with Gasteiger partial charge in [-0.25, -0.2) is 4.79 Å². The Hall–Kier alpha value is -3.57. The van der Waals surface area contributed by atoms with Gasteiger partial charge in [0.05, 0.1) is 7.11 Å². The van der Waals surface area contributed by atoms with E-state index in [9.17, 15) is 9.59 Å². The molecule has 0 saturated heterocycles. The fourth-order valence-corrected chi connectivity index (χ4v) is 2.85. The van der Waals surface area contributed by atoms with Crippen LogP contribution < -0.4 is 14.2 Å². The van der Waals surface area contributed by atoms with Crippen LogP contribution in [0.4, 0.5) is 0 Å². The summed E-state index contributed by atoms with van der Waals surface area (Å²) in [7, 11) is 1.55. The molecule has 3 rings (SSSR count). The summed E-state index contributed by atoms with van der Waals surface area (Å²) >= 11 is 5.90. The van der Waals surface area contributed by atoms with Crippen LogP contribution in [-0.2, 0) is 11.4 Å². The number of hydrogen-bond donors (Lipinski definition) is 0. The third-order valence-corrected chi connectivity index (χ3v) is 4.64. The molecule has 0 aliphatic carbocycles. The third kappa shape index (κ3) is 6.46. The fourth-order valence-electron chi connectivity index (χ4n) is 2.72. The number of benzene rings is 3. The molecule has 0 amide bonds. The largest absolute Gasteiger partial charge is 0.493 e. The summed E-state index contributed by atoms with van der Waals surface area (Å²) in [6.45, 7) is 1.85. The second-order valence-electron chi connectivity index (χ2n) is 6.66. The van der Waals surface area contributed by atoms with Gasteiger partial charge in [-0.2, -0.15) is 0 Å². The Morgan fingerprint density at radius 2 is 1.65 bits per heavy atom. The van der Waals surface area contributed by atoms with Gasteiger partial charge in [0.15, 0.2) is 17.3 Å². The first-order valence-electron chi connectivity index (χ1n) is 9.51. The van der Waals surface area contributed by atoms with E-state index in [1.807, 2.05) is 30.3 Å². The first-order chi connectivity index (χ1) is 14.9. The molecule has 0 radical (unpaired) electrons. The van der Waals surface area contributed by atoms with Gasteiger partial charge in [0.1, 0.15) is 12.4 Å². The molecule has 0 aromatic heterocycles. The average molecular weight is 437 g/mol. The highest BCUT2D eigenvalue weighted by molar-refractivity contribution is 6.30. The molecular formula is C25H21ClO5. The van der Waals surface area contributed by atoms with Crippen LogP contribution in [0.3, 0.4) is 0 Å². The first kappa shape index (κ1) is 22.1. The first-order valence-corrected chi connectivity index (χ1v) is 9.88. The standard InChI is InChI=1S/C25H21ClO5/c1-17(27)20-7-11-22(12-8-20)31-25(28)14-6-18-5-13-23(24(15-18)29-2)30-16-19-3-9-21(26)10-4-19/h3-15H,16H2,1-2H3/b14-6+. The minimum absolute atomic E-state index is 0.0488. The summed E-state index contributed by atoms with van der Waals surface area (Å²) in [5, 5.41) is 0.670. The summed E-state index contributed by atoms with van der Waals surface area (Å²) < 4.78 is 16.5. The van der Waals surface area contributed by atoms with Crippen molar-refractivity contribution in [2.75, 3.05) is 7.11 Å². The predicted octanol–water partition coefficient (Wildman–Crippen LogP) is 5.75. The van der Waals surface area contributed by atoms with Gasteiger partial charge in [-0.3, -0.25) is 4.79 Å². The normalized spacial score (nSPS) is 10.7. The van der Waals surface area contributed by atoms with Crippen molar-refractivity contribution in [2.45, 2.75) is 13.5 Å². The second-order valence-corrected chi connectivity index (χ2v) is 7.10. The van der Waals surface area contributed by atoms with Crippen LogP contribution in [0.5, 0.6) is 17.2 Å². The number of esters is 1. The predicted molar refractivity (Wildman–Crippen MR) is 120 cm³/mol. The molecule has 0 saturated carbocycles. The van der Waals surface area contributed by atoms with Gasteiger partial charge in [-0.15, -0.1) is 0 Å². The molecule has 0 N–H and O–H groups in total. The van der Waals surface area contributed by atoms with Gasteiger partial charge in [0.2, 0.25) is 0 Å². The zero-order valence-corrected chi connectivity index (χ0v) is 17.9.